The second-order valence-corrected chi connectivity index (χ2v) is 14.7. The highest BCUT2D eigenvalue weighted by molar-refractivity contribution is 5.70. The minimum atomic E-state index is -0.770. The lowest BCUT2D eigenvalue weighted by Crippen LogP contribution is -2.47. The third kappa shape index (κ3) is 10.5. The highest BCUT2D eigenvalue weighted by Gasteiger charge is 2.47. The first-order valence-corrected chi connectivity index (χ1v) is 19.3. The molecule has 0 amide bonds. The lowest BCUT2D eigenvalue weighted by molar-refractivity contribution is -0.384. The van der Waals surface area contributed by atoms with Crippen molar-refractivity contribution in [2.45, 2.75) is 89.6 Å². The van der Waals surface area contributed by atoms with Gasteiger partial charge in [-0.05, 0) is 37.5 Å². The molecule has 16 heteroatoms. The van der Waals surface area contributed by atoms with Crippen molar-refractivity contribution in [2.24, 2.45) is 25.9 Å². The molecule has 4 heterocycles. The molecule has 3 N–H and O–H groups in total. The number of carboxylic acids is 1. The molecule has 2 saturated heterocycles. The Morgan fingerprint density at radius 2 is 1.80 bits per heavy atom. The average molecular weight is 766 g/mol. The van der Waals surface area contributed by atoms with Gasteiger partial charge in [-0.2, -0.15) is 0 Å². The van der Waals surface area contributed by atoms with Crippen molar-refractivity contribution in [1.82, 2.24) is 23.6 Å². The van der Waals surface area contributed by atoms with Crippen molar-refractivity contribution in [3.05, 3.63) is 85.5 Å². The minimum Gasteiger partial charge on any atom is -0.495 e. The van der Waals surface area contributed by atoms with Crippen molar-refractivity contribution < 1.29 is 29.8 Å². The number of allylic oxidation sites excluding steroid dienone is 2. The predicted octanol–water partition coefficient (Wildman–Crippen LogP) is 3.57. The molecule has 3 fully saturated rings. The number of aliphatic carboxylic acids is 1. The van der Waals surface area contributed by atoms with Crippen LogP contribution in [0.2, 0.25) is 0 Å². The third-order valence-corrected chi connectivity index (χ3v) is 10.9. The molecule has 1 aliphatic carbocycles. The van der Waals surface area contributed by atoms with E-state index in [1.807, 2.05) is 18.2 Å². The number of rotatable bonds is 15. The molecule has 1 saturated carbocycles. The van der Waals surface area contributed by atoms with Crippen LogP contribution in [0.1, 0.15) is 64.7 Å². The molecule has 1 unspecified atom stereocenters. The van der Waals surface area contributed by atoms with E-state index in [1.54, 1.807) is 30.1 Å². The molecule has 2 aliphatic heterocycles. The van der Waals surface area contributed by atoms with E-state index in [0.717, 1.165) is 80.8 Å². The molecule has 3 aromatic rings. The smallest absolute Gasteiger partial charge is 0.332 e. The highest BCUT2D eigenvalue weighted by atomic mass is 16.6. The number of carbonyl (C=O) groups is 1. The van der Waals surface area contributed by atoms with Crippen LogP contribution in [0.5, 0.6) is 0 Å². The van der Waals surface area contributed by atoms with E-state index >= 15 is 0 Å². The Kier molecular flexibility index (Phi) is 14.4. The summed E-state index contributed by atoms with van der Waals surface area (Å²) < 4.78 is 10.2. The molecule has 0 radical (unpaired) electrons. The van der Waals surface area contributed by atoms with Crippen LogP contribution >= 0.6 is 0 Å². The van der Waals surface area contributed by atoms with E-state index in [1.165, 1.54) is 23.7 Å². The van der Waals surface area contributed by atoms with Gasteiger partial charge in [-0.25, -0.2) is 9.78 Å². The maximum absolute atomic E-state index is 12.5. The van der Waals surface area contributed by atoms with Crippen molar-refractivity contribution in [3.8, 4) is 0 Å². The Morgan fingerprint density at radius 1 is 1.07 bits per heavy atom. The molecule has 5 atom stereocenters. The fourth-order valence-electron chi connectivity index (χ4n) is 7.69. The number of unbranched alkanes of at least 4 members (excludes halogenated alkanes) is 3. The number of fused-ring (bicyclic) bond motifs is 2. The van der Waals surface area contributed by atoms with Gasteiger partial charge < -0.3 is 29.5 Å². The van der Waals surface area contributed by atoms with Gasteiger partial charge in [-0.3, -0.25) is 33.7 Å². The molecular formula is C39H55N7O9. The quantitative estimate of drug-likeness (QED) is 0.0882. The number of aliphatic hydroxyl groups is 2. The topological polar surface area (TPSA) is 198 Å². The van der Waals surface area contributed by atoms with Crippen LogP contribution in [0.15, 0.2) is 64.2 Å². The second kappa shape index (κ2) is 19.2. The summed E-state index contributed by atoms with van der Waals surface area (Å²) in [6.45, 7) is 6.83. The number of aryl methyl sites for hydroxylation is 1. The number of hydrogen-bond donors (Lipinski definition) is 3. The van der Waals surface area contributed by atoms with Gasteiger partial charge in [0.2, 0.25) is 0 Å². The van der Waals surface area contributed by atoms with Gasteiger partial charge in [0, 0.05) is 102 Å². The molecule has 0 bridgehead atoms. The summed E-state index contributed by atoms with van der Waals surface area (Å²) >= 11 is 0. The van der Waals surface area contributed by atoms with Crippen LogP contribution in [0.4, 0.5) is 11.4 Å². The van der Waals surface area contributed by atoms with Crippen molar-refractivity contribution >= 4 is 28.5 Å². The average Bonchev–Trinajstić information content (AvgIpc) is 3.86. The van der Waals surface area contributed by atoms with E-state index in [-0.39, 0.29) is 41.3 Å². The van der Waals surface area contributed by atoms with Gasteiger partial charge >= 0.3 is 11.7 Å². The number of nitro groups is 1. The van der Waals surface area contributed by atoms with E-state index in [2.05, 4.69) is 21.7 Å². The molecule has 300 valence electrons. The standard InChI is InChI=1S/C20H32O5.C19H23N7O4/c1-2-3-4-7-14(21)10-11-16-17-12-15(8-5-6-9-20(23)24)25-19(17)13-18(16)22;1-21-17-16(18(27)22(2)19(21)28)25(13-20-17)12-9-23-7-10-24(11-8-23)14-3-5-15(6-4-14)26(29)30/h8,10-11,14,16-19,21-22H,2-7,9,12-13H2,1H3,(H,23,24);3-6,13H,7-12H2,1-2H3/b11-10+,15-8-;/t14-,16?,17+,18+,19-;/m0./s1. The number of non-ortho nitro benzene ring substituents is 1. The van der Waals surface area contributed by atoms with Gasteiger partial charge in [0.15, 0.2) is 11.2 Å². The lowest BCUT2D eigenvalue weighted by Gasteiger charge is -2.36. The fourth-order valence-corrected chi connectivity index (χ4v) is 7.69. The fraction of sp³-hybridized carbons (Fsp3) is 0.590. The van der Waals surface area contributed by atoms with Crippen molar-refractivity contribution in [1.29, 1.82) is 0 Å². The number of ether oxygens (including phenoxy) is 1. The summed E-state index contributed by atoms with van der Waals surface area (Å²) in [4.78, 5) is 54.3. The summed E-state index contributed by atoms with van der Waals surface area (Å²) in [7, 11) is 3.08. The van der Waals surface area contributed by atoms with Gasteiger partial charge in [0.25, 0.3) is 11.2 Å². The molecule has 0 spiro atoms. The Balaban J connectivity index is 0.000000215. The zero-order chi connectivity index (χ0) is 39.6. The van der Waals surface area contributed by atoms with Gasteiger partial charge in [0.1, 0.15) is 6.10 Å². The van der Waals surface area contributed by atoms with E-state index < -0.39 is 23.1 Å². The summed E-state index contributed by atoms with van der Waals surface area (Å²) in [5.74, 6) is 0.429. The number of aromatic nitrogens is 4. The number of carboxylic acid groups (broad SMARTS) is 1. The zero-order valence-corrected chi connectivity index (χ0v) is 32.0. The van der Waals surface area contributed by atoms with Crippen LogP contribution in [-0.2, 0) is 30.2 Å². The number of imidazole rings is 1. The molecule has 1 aromatic carbocycles. The summed E-state index contributed by atoms with van der Waals surface area (Å²) in [6, 6.07) is 6.62. The normalized spacial score (nSPS) is 22.5. The summed E-state index contributed by atoms with van der Waals surface area (Å²) in [6.07, 6.45) is 13.6. The highest BCUT2D eigenvalue weighted by Crippen LogP contribution is 2.45. The van der Waals surface area contributed by atoms with Crippen LogP contribution in [0, 0.1) is 22.0 Å². The number of hydrogen-bond acceptors (Lipinski definition) is 11. The SMILES string of the molecule is CCCCC[C@H](O)/C=C/C1[C@H](O)C[C@@H]2O/C(=C\CCCC(=O)O)C[C@H]12.Cn1c(=O)c2c(ncn2CCN2CCN(c3ccc([N+](=O)[O-])cc3)CC2)n(C)c1=O. The molecule has 16 nitrogen and oxygen atoms in total. The van der Waals surface area contributed by atoms with E-state index in [4.69, 9.17) is 9.84 Å². The molecule has 2 aromatic heterocycles. The Labute approximate surface area is 320 Å². The second-order valence-electron chi connectivity index (χ2n) is 14.7. The van der Waals surface area contributed by atoms with Gasteiger partial charge in [-0.15, -0.1) is 0 Å². The number of benzene rings is 1. The first-order valence-electron chi connectivity index (χ1n) is 19.3. The first-order chi connectivity index (χ1) is 26.4. The molecule has 3 aliphatic rings. The number of nitro benzene ring substituents is 1. The third-order valence-electron chi connectivity index (χ3n) is 10.9. The van der Waals surface area contributed by atoms with Crippen molar-refractivity contribution in [2.75, 3.05) is 37.6 Å². The van der Waals surface area contributed by atoms with Crippen LogP contribution in [0.25, 0.3) is 11.2 Å². The Hall–Kier alpha value is -4.80. The Morgan fingerprint density at radius 3 is 2.47 bits per heavy atom. The zero-order valence-electron chi connectivity index (χ0n) is 32.0. The predicted molar refractivity (Wildman–Crippen MR) is 208 cm³/mol. The largest absolute Gasteiger partial charge is 0.495 e. The van der Waals surface area contributed by atoms with Gasteiger partial charge in [-0.1, -0.05) is 38.3 Å². The molecular weight excluding hydrogens is 710 g/mol. The van der Waals surface area contributed by atoms with Crippen molar-refractivity contribution in [3.63, 3.8) is 0 Å². The van der Waals surface area contributed by atoms with E-state index in [9.17, 15) is 34.7 Å². The number of aliphatic hydroxyl groups excluding tert-OH is 2. The number of nitrogens with zero attached hydrogens (tertiary/aromatic N) is 7. The minimum absolute atomic E-state index is 0.0238. The Bertz CT molecular complexity index is 1940. The number of anilines is 1. The van der Waals surface area contributed by atoms with Crippen LogP contribution in [-0.4, -0.2) is 101 Å². The monoisotopic (exact) mass is 765 g/mol. The maximum Gasteiger partial charge on any atom is 0.332 e. The molecule has 6 rings (SSSR count). The lowest BCUT2D eigenvalue weighted by atomic mass is 9.90. The summed E-state index contributed by atoms with van der Waals surface area (Å²) in [5, 5.41) is 39.8. The maximum atomic E-state index is 12.5. The summed E-state index contributed by atoms with van der Waals surface area (Å²) in [5.41, 5.74) is 1.17. The van der Waals surface area contributed by atoms with Crippen LogP contribution in [0.3, 0.4) is 0 Å². The number of piperazine rings is 1. The first kappa shape index (κ1) is 41.4. The van der Waals surface area contributed by atoms with Gasteiger partial charge in [0.05, 0.1) is 29.2 Å². The van der Waals surface area contributed by atoms with Crippen LogP contribution < -0.4 is 16.1 Å². The molecule has 55 heavy (non-hydrogen) atoms. The van der Waals surface area contributed by atoms with E-state index in [0.29, 0.717) is 37.0 Å².